The van der Waals surface area contributed by atoms with Crippen LogP contribution in [0.4, 0.5) is 5.95 Å². The van der Waals surface area contributed by atoms with Crippen LogP contribution < -0.4 is 10.6 Å². The molecule has 0 spiro atoms. The normalized spacial score (nSPS) is 17.8. The van der Waals surface area contributed by atoms with Crippen molar-refractivity contribution in [3.63, 3.8) is 0 Å². The van der Waals surface area contributed by atoms with Crippen LogP contribution in [0, 0.1) is 0 Å². The molecular weight excluding hydrogens is 212 g/mol. The Morgan fingerprint density at radius 2 is 2.00 bits per heavy atom. The van der Waals surface area contributed by atoms with Gasteiger partial charge in [-0.1, -0.05) is 25.7 Å². The van der Waals surface area contributed by atoms with Gasteiger partial charge in [0.2, 0.25) is 5.95 Å². The fraction of sp³-hybridized carbons (Fsp3) is 0.692. The molecule has 2 rings (SSSR count). The number of hydrogen-bond acceptors (Lipinski definition) is 4. The summed E-state index contributed by atoms with van der Waals surface area (Å²) in [5.74, 6) is 0.819. The third-order valence-corrected chi connectivity index (χ3v) is 3.60. The molecule has 0 radical (unpaired) electrons. The fourth-order valence-electron chi connectivity index (χ4n) is 2.48. The molecule has 0 saturated heterocycles. The minimum absolute atomic E-state index is 0.480. The summed E-state index contributed by atoms with van der Waals surface area (Å²) in [6.45, 7) is 0.480. The molecule has 17 heavy (non-hydrogen) atoms. The second-order valence-corrected chi connectivity index (χ2v) is 4.81. The molecule has 0 unspecified atom stereocenters. The maximum Gasteiger partial charge on any atom is 0.225 e. The van der Waals surface area contributed by atoms with Gasteiger partial charge in [-0.2, -0.15) is 0 Å². The third kappa shape index (κ3) is 3.16. The molecule has 0 amide bonds. The van der Waals surface area contributed by atoms with Crippen LogP contribution >= 0.6 is 0 Å². The average Bonchev–Trinajstić information content (AvgIpc) is 2.67. The fourth-order valence-corrected chi connectivity index (χ4v) is 2.48. The Kier molecular flexibility index (Phi) is 4.31. The lowest BCUT2D eigenvalue weighted by molar-refractivity contribution is 0.544. The van der Waals surface area contributed by atoms with Gasteiger partial charge < -0.3 is 10.6 Å². The predicted octanol–water partition coefficient (Wildman–Crippen LogP) is 2.09. The molecule has 0 aliphatic heterocycles. The highest BCUT2D eigenvalue weighted by molar-refractivity contribution is 5.30. The lowest BCUT2D eigenvalue weighted by Crippen LogP contribution is -2.32. The van der Waals surface area contributed by atoms with Crippen LogP contribution in [0.25, 0.3) is 0 Å². The van der Waals surface area contributed by atoms with E-state index in [1.807, 2.05) is 6.07 Å². The Balaban J connectivity index is 2.08. The van der Waals surface area contributed by atoms with E-state index in [4.69, 9.17) is 5.73 Å². The van der Waals surface area contributed by atoms with E-state index in [-0.39, 0.29) is 0 Å². The summed E-state index contributed by atoms with van der Waals surface area (Å²) in [5, 5.41) is 0. The van der Waals surface area contributed by atoms with Gasteiger partial charge in [0.05, 0.1) is 5.69 Å². The summed E-state index contributed by atoms with van der Waals surface area (Å²) in [5.41, 5.74) is 6.53. The molecule has 1 heterocycles. The van der Waals surface area contributed by atoms with Gasteiger partial charge in [-0.25, -0.2) is 9.97 Å². The molecule has 4 nitrogen and oxygen atoms in total. The Labute approximate surface area is 103 Å². The van der Waals surface area contributed by atoms with Crippen LogP contribution in [-0.4, -0.2) is 23.1 Å². The molecule has 1 saturated carbocycles. The second-order valence-electron chi connectivity index (χ2n) is 4.81. The molecule has 1 aromatic rings. The molecule has 1 fully saturated rings. The zero-order valence-corrected chi connectivity index (χ0v) is 10.6. The summed E-state index contributed by atoms with van der Waals surface area (Å²) in [7, 11) is 2.10. The van der Waals surface area contributed by atoms with Gasteiger partial charge in [-0.05, 0) is 18.9 Å². The average molecular weight is 234 g/mol. The van der Waals surface area contributed by atoms with E-state index in [0.29, 0.717) is 12.6 Å². The molecule has 94 valence electrons. The Morgan fingerprint density at radius 1 is 1.29 bits per heavy atom. The van der Waals surface area contributed by atoms with Crippen molar-refractivity contribution in [3.8, 4) is 0 Å². The molecule has 0 aromatic carbocycles. The Hall–Kier alpha value is -1.16. The number of anilines is 1. The molecule has 1 aromatic heterocycles. The lowest BCUT2D eigenvalue weighted by atomic mass is 10.1. The van der Waals surface area contributed by atoms with Crippen LogP contribution in [-0.2, 0) is 6.54 Å². The summed E-state index contributed by atoms with van der Waals surface area (Å²) in [4.78, 5) is 11.1. The first-order chi connectivity index (χ1) is 8.31. The van der Waals surface area contributed by atoms with Crippen molar-refractivity contribution in [2.45, 2.75) is 51.1 Å². The van der Waals surface area contributed by atoms with Crippen molar-refractivity contribution in [3.05, 3.63) is 18.0 Å². The van der Waals surface area contributed by atoms with Crippen LogP contribution in [0.5, 0.6) is 0 Å². The summed E-state index contributed by atoms with van der Waals surface area (Å²) < 4.78 is 0. The Bertz CT molecular complexity index is 345. The number of hydrogen-bond donors (Lipinski definition) is 1. The van der Waals surface area contributed by atoms with Gasteiger partial charge in [-0.3, -0.25) is 0 Å². The van der Waals surface area contributed by atoms with E-state index < -0.39 is 0 Å². The van der Waals surface area contributed by atoms with Gasteiger partial charge in [0.1, 0.15) is 0 Å². The van der Waals surface area contributed by atoms with Gasteiger partial charge >= 0.3 is 0 Å². The van der Waals surface area contributed by atoms with E-state index in [1.54, 1.807) is 6.20 Å². The first kappa shape index (κ1) is 12.3. The topological polar surface area (TPSA) is 55.0 Å². The first-order valence-corrected chi connectivity index (χ1v) is 6.56. The van der Waals surface area contributed by atoms with E-state index in [2.05, 4.69) is 21.9 Å². The smallest absolute Gasteiger partial charge is 0.225 e. The SMILES string of the molecule is CN(c1nccc(CN)n1)C1CCCCCC1. The predicted molar refractivity (Wildman–Crippen MR) is 69.8 cm³/mol. The van der Waals surface area contributed by atoms with Crippen molar-refractivity contribution in [2.24, 2.45) is 5.73 Å². The molecule has 0 bridgehead atoms. The number of rotatable bonds is 3. The summed E-state index contributed by atoms with van der Waals surface area (Å²) in [6.07, 6.45) is 9.70. The monoisotopic (exact) mass is 234 g/mol. The molecule has 2 N–H and O–H groups in total. The molecule has 0 atom stereocenters. The molecule has 1 aliphatic carbocycles. The van der Waals surface area contributed by atoms with Crippen molar-refractivity contribution in [1.29, 1.82) is 0 Å². The lowest BCUT2D eigenvalue weighted by Gasteiger charge is -2.27. The Morgan fingerprint density at radius 3 is 2.65 bits per heavy atom. The van der Waals surface area contributed by atoms with Crippen LogP contribution in [0.15, 0.2) is 12.3 Å². The van der Waals surface area contributed by atoms with Gasteiger partial charge in [0.25, 0.3) is 0 Å². The highest BCUT2D eigenvalue weighted by Gasteiger charge is 2.18. The third-order valence-electron chi connectivity index (χ3n) is 3.60. The molecule has 4 heteroatoms. The minimum Gasteiger partial charge on any atom is -0.341 e. The van der Waals surface area contributed by atoms with Gasteiger partial charge in [0.15, 0.2) is 0 Å². The quantitative estimate of drug-likeness (QED) is 0.814. The highest BCUT2D eigenvalue weighted by Crippen LogP contribution is 2.23. The summed E-state index contributed by atoms with van der Waals surface area (Å²) >= 11 is 0. The van der Waals surface area contributed by atoms with Crippen molar-refractivity contribution in [2.75, 3.05) is 11.9 Å². The largest absolute Gasteiger partial charge is 0.341 e. The van der Waals surface area contributed by atoms with Gasteiger partial charge in [-0.15, -0.1) is 0 Å². The summed E-state index contributed by atoms with van der Waals surface area (Å²) in [6, 6.07) is 2.47. The molecular formula is C13H22N4. The highest BCUT2D eigenvalue weighted by atomic mass is 15.2. The number of nitrogens with two attached hydrogens (primary N) is 1. The van der Waals surface area contributed by atoms with Crippen LogP contribution in [0.1, 0.15) is 44.2 Å². The number of nitrogens with zero attached hydrogens (tertiary/aromatic N) is 3. The maximum atomic E-state index is 5.61. The van der Waals surface area contributed by atoms with Crippen LogP contribution in [0.2, 0.25) is 0 Å². The van der Waals surface area contributed by atoms with Crippen molar-refractivity contribution >= 4 is 5.95 Å². The minimum atomic E-state index is 0.480. The zero-order valence-electron chi connectivity index (χ0n) is 10.6. The standard InChI is InChI=1S/C13H22N4/c1-17(12-6-4-2-3-5-7-12)13-15-9-8-11(10-14)16-13/h8-9,12H,2-7,10,14H2,1H3. The second kappa shape index (κ2) is 5.96. The van der Waals surface area contributed by atoms with Gasteiger partial charge in [0, 0.05) is 25.8 Å². The zero-order chi connectivity index (χ0) is 12.1. The first-order valence-electron chi connectivity index (χ1n) is 6.56. The van der Waals surface area contributed by atoms with Crippen molar-refractivity contribution in [1.82, 2.24) is 9.97 Å². The molecule has 1 aliphatic rings. The van der Waals surface area contributed by atoms with E-state index in [9.17, 15) is 0 Å². The van der Waals surface area contributed by atoms with Crippen LogP contribution in [0.3, 0.4) is 0 Å². The van der Waals surface area contributed by atoms with E-state index in [1.165, 1.54) is 38.5 Å². The number of aromatic nitrogens is 2. The van der Waals surface area contributed by atoms with E-state index in [0.717, 1.165) is 11.6 Å². The van der Waals surface area contributed by atoms with E-state index >= 15 is 0 Å². The van der Waals surface area contributed by atoms with Crippen molar-refractivity contribution < 1.29 is 0 Å². The maximum absolute atomic E-state index is 5.61.